The second-order valence-corrected chi connectivity index (χ2v) is 9.21. The van der Waals surface area contributed by atoms with Gasteiger partial charge in [0.2, 0.25) is 11.8 Å². The summed E-state index contributed by atoms with van der Waals surface area (Å²) in [6, 6.07) is 8.40. The number of piperidine rings is 2. The molecule has 0 saturated carbocycles. The number of fused-ring (bicyclic) bond motifs is 1. The zero-order chi connectivity index (χ0) is 21.1. The Balaban J connectivity index is 1.34. The van der Waals surface area contributed by atoms with Crippen LogP contribution in [0.2, 0.25) is 0 Å². The predicted octanol–water partition coefficient (Wildman–Crippen LogP) is 2.77. The molecule has 30 heavy (non-hydrogen) atoms. The average molecular weight is 414 g/mol. The molecule has 0 aliphatic carbocycles. The molecule has 0 bridgehead atoms. The van der Waals surface area contributed by atoms with Gasteiger partial charge in [0, 0.05) is 44.7 Å². The maximum absolute atomic E-state index is 13.2. The third-order valence-electron chi connectivity index (χ3n) is 7.23. The first-order chi connectivity index (χ1) is 14.6. The number of carbonyl (C=O) groups excluding carboxylic acids is 2. The fourth-order valence-corrected chi connectivity index (χ4v) is 5.67. The summed E-state index contributed by atoms with van der Waals surface area (Å²) in [7, 11) is 3.57. The van der Waals surface area contributed by atoms with Crippen molar-refractivity contribution in [2.75, 3.05) is 40.3 Å². The highest BCUT2D eigenvalue weighted by Gasteiger charge is 2.38. The van der Waals surface area contributed by atoms with Crippen LogP contribution < -0.4 is 4.74 Å². The van der Waals surface area contributed by atoms with Crippen molar-refractivity contribution in [1.29, 1.82) is 0 Å². The Labute approximate surface area is 180 Å². The van der Waals surface area contributed by atoms with Crippen LogP contribution in [-0.4, -0.2) is 72.9 Å². The number of rotatable bonds is 6. The Kier molecular flexibility index (Phi) is 6.61. The van der Waals surface area contributed by atoms with E-state index in [0.717, 1.165) is 17.9 Å². The third kappa shape index (κ3) is 4.48. The Bertz CT molecular complexity index is 766. The number of nitrogens with zero attached hydrogens (tertiary/aromatic N) is 3. The zero-order valence-corrected chi connectivity index (χ0v) is 18.4. The molecule has 3 fully saturated rings. The minimum Gasteiger partial charge on any atom is -0.496 e. The molecule has 3 aliphatic rings. The lowest BCUT2D eigenvalue weighted by atomic mass is 9.83. The van der Waals surface area contributed by atoms with E-state index in [4.69, 9.17) is 4.74 Å². The van der Waals surface area contributed by atoms with Crippen molar-refractivity contribution < 1.29 is 14.3 Å². The summed E-state index contributed by atoms with van der Waals surface area (Å²) in [5.74, 6) is 1.30. The zero-order valence-electron chi connectivity index (χ0n) is 18.4. The Morgan fingerprint density at radius 1 is 1.17 bits per heavy atom. The predicted molar refractivity (Wildman–Crippen MR) is 116 cm³/mol. The standard InChI is InChI=1S/C24H35N3O3/c1-25(15-18-9-7-13-26-12-6-5-10-21(18)26)24(29)20-14-23(28)27(17-20)16-19-8-3-4-11-22(19)30-2/h3-4,8,11,18,20-21H,5-7,9-10,12-17H2,1-2H3/t18-,20+,21+/m0/s1. The van der Waals surface area contributed by atoms with Crippen molar-refractivity contribution in [3.8, 4) is 5.75 Å². The molecule has 3 aliphatic heterocycles. The highest BCUT2D eigenvalue weighted by molar-refractivity contribution is 5.89. The van der Waals surface area contributed by atoms with Gasteiger partial charge in [-0.05, 0) is 50.8 Å². The Morgan fingerprint density at radius 3 is 2.80 bits per heavy atom. The molecular weight excluding hydrogens is 378 g/mol. The van der Waals surface area contributed by atoms with Gasteiger partial charge in [-0.2, -0.15) is 0 Å². The van der Waals surface area contributed by atoms with Crippen LogP contribution in [0.4, 0.5) is 0 Å². The molecule has 0 N–H and O–H groups in total. The van der Waals surface area contributed by atoms with E-state index >= 15 is 0 Å². The van der Waals surface area contributed by atoms with E-state index in [2.05, 4.69) is 4.90 Å². The number of benzene rings is 1. The van der Waals surface area contributed by atoms with Gasteiger partial charge in [0.1, 0.15) is 5.75 Å². The molecule has 1 aromatic rings. The molecule has 0 spiro atoms. The van der Waals surface area contributed by atoms with Crippen LogP contribution >= 0.6 is 0 Å². The summed E-state index contributed by atoms with van der Waals surface area (Å²) in [6.07, 6.45) is 6.65. The lowest BCUT2D eigenvalue weighted by Crippen LogP contribution is -2.51. The largest absolute Gasteiger partial charge is 0.496 e. The monoisotopic (exact) mass is 413 g/mol. The van der Waals surface area contributed by atoms with Crippen LogP contribution in [0.1, 0.15) is 44.1 Å². The average Bonchev–Trinajstić information content (AvgIpc) is 3.14. The minimum absolute atomic E-state index is 0.0591. The number of para-hydroxylation sites is 1. The lowest BCUT2D eigenvalue weighted by molar-refractivity contribution is -0.135. The van der Waals surface area contributed by atoms with Crippen molar-refractivity contribution in [2.24, 2.45) is 11.8 Å². The maximum Gasteiger partial charge on any atom is 0.227 e. The van der Waals surface area contributed by atoms with Crippen molar-refractivity contribution in [3.63, 3.8) is 0 Å². The lowest BCUT2D eigenvalue weighted by Gasteiger charge is -2.45. The third-order valence-corrected chi connectivity index (χ3v) is 7.23. The summed E-state index contributed by atoms with van der Waals surface area (Å²) in [5, 5.41) is 0. The molecule has 2 amide bonds. The quantitative estimate of drug-likeness (QED) is 0.720. The first-order valence-electron chi connectivity index (χ1n) is 11.5. The molecule has 0 aromatic heterocycles. The van der Waals surface area contributed by atoms with E-state index < -0.39 is 0 Å². The van der Waals surface area contributed by atoms with Gasteiger partial charge < -0.3 is 19.4 Å². The molecule has 6 nitrogen and oxygen atoms in total. The van der Waals surface area contributed by atoms with Crippen molar-refractivity contribution in [3.05, 3.63) is 29.8 Å². The smallest absolute Gasteiger partial charge is 0.227 e. The van der Waals surface area contributed by atoms with Crippen LogP contribution in [0.25, 0.3) is 0 Å². The van der Waals surface area contributed by atoms with Crippen molar-refractivity contribution in [1.82, 2.24) is 14.7 Å². The number of hydrogen-bond acceptors (Lipinski definition) is 4. The molecule has 0 radical (unpaired) electrons. The van der Waals surface area contributed by atoms with Gasteiger partial charge in [-0.25, -0.2) is 0 Å². The van der Waals surface area contributed by atoms with E-state index in [1.54, 1.807) is 12.0 Å². The number of amides is 2. The molecule has 3 saturated heterocycles. The number of carbonyl (C=O) groups is 2. The minimum atomic E-state index is -0.233. The van der Waals surface area contributed by atoms with E-state index in [1.165, 1.54) is 45.2 Å². The second kappa shape index (κ2) is 9.38. The van der Waals surface area contributed by atoms with Gasteiger partial charge in [0.25, 0.3) is 0 Å². The van der Waals surface area contributed by atoms with E-state index in [1.807, 2.05) is 36.2 Å². The molecule has 164 valence electrons. The van der Waals surface area contributed by atoms with Gasteiger partial charge in [0.15, 0.2) is 0 Å². The fourth-order valence-electron chi connectivity index (χ4n) is 5.67. The van der Waals surface area contributed by atoms with Gasteiger partial charge in [-0.1, -0.05) is 24.6 Å². The van der Waals surface area contributed by atoms with Gasteiger partial charge >= 0.3 is 0 Å². The number of hydrogen-bond donors (Lipinski definition) is 0. The molecule has 1 aromatic carbocycles. The molecule has 3 heterocycles. The van der Waals surface area contributed by atoms with E-state index in [0.29, 0.717) is 31.5 Å². The number of likely N-dealkylation sites (tertiary alicyclic amines) is 1. The molecule has 6 heteroatoms. The summed E-state index contributed by atoms with van der Waals surface area (Å²) in [4.78, 5) is 32.1. The van der Waals surface area contributed by atoms with E-state index in [-0.39, 0.29) is 17.7 Å². The topological polar surface area (TPSA) is 53.1 Å². The maximum atomic E-state index is 13.2. The summed E-state index contributed by atoms with van der Waals surface area (Å²) in [5.41, 5.74) is 0.981. The molecule has 3 atom stereocenters. The molecular formula is C24H35N3O3. The highest BCUT2D eigenvalue weighted by Crippen LogP contribution is 2.32. The molecule has 4 rings (SSSR count). The first-order valence-corrected chi connectivity index (χ1v) is 11.5. The Hall–Kier alpha value is -2.08. The number of methoxy groups -OCH3 is 1. The van der Waals surface area contributed by atoms with Crippen molar-refractivity contribution >= 4 is 11.8 Å². The van der Waals surface area contributed by atoms with Gasteiger partial charge in [0.05, 0.1) is 13.0 Å². The highest BCUT2D eigenvalue weighted by atomic mass is 16.5. The Morgan fingerprint density at radius 2 is 1.97 bits per heavy atom. The first kappa shape index (κ1) is 21.2. The summed E-state index contributed by atoms with van der Waals surface area (Å²) >= 11 is 0. The van der Waals surface area contributed by atoms with Crippen LogP contribution in [0.15, 0.2) is 24.3 Å². The van der Waals surface area contributed by atoms with Crippen LogP contribution in [-0.2, 0) is 16.1 Å². The molecule has 0 unspecified atom stereocenters. The fraction of sp³-hybridized carbons (Fsp3) is 0.667. The number of ether oxygens (including phenoxy) is 1. The van der Waals surface area contributed by atoms with Crippen molar-refractivity contribution in [2.45, 2.75) is 51.1 Å². The van der Waals surface area contributed by atoms with E-state index in [9.17, 15) is 9.59 Å². The summed E-state index contributed by atoms with van der Waals surface area (Å²) < 4.78 is 5.41. The summed E-state index contributed by atoms with van der Waals surface area (Å²) in [6.45, 7) is 4.25. The van der Waals surface area contributed by atoms with Crippen LogP contribution in [0, 0.1) is 11.8 Å². The van der Waals surface area contributed by atoms with Crippen LogP contribution in [0.3, 0.4) is 0 Å². The van der Waals surface area contributed by atoms with Gasteiger partial charge in [-0.15, -0.1) is 0 Å². The second-order valence-electron chi connectivity index (χ2n) is 9.21. The van der Waals surface area contributed by atoms with Crippen LogP contribution in [0.5, 0.6) is 5.75 Å². The SMILES string of the molecule is COc1ccccc1CN1C[C@H](C(=O)N(C)C[C@@H]2CCCN3CCCC[C@H]23)CC1=O. The van der Waals surface area contributed by atoms with Gasteiger partial charge in [-0.3, -0.25) is 9.59 Å². The normalized spacial score (nSPS) is 27.1.